The molecule has 2 heterocycles. The summed E-state index contributed by atoms with van der Waals surface area (Å²) in [6.07, 6.45) is 4.10. The van der Waals surface area contributed by atoms with E-state index in [2.05, 4.69) is 0 Å². The van der Waals surface area contributed by atoms with Crippen molar-refractivity contribution < 1.29 is 26.9 Å². The van der Waals surface area contributed by atoms with Gasteiger partial charge >= 0.3 is 6.09 Å². The highest BCUT2D eigenvalue weighted by Gasteiger charge is 2.41. The van der Waals surface area contributed by atoms with Gasteiger partial charge in [0, 0.05) is 19.0 Å². The minimum atomic E-state index is -3.40. The molecule has 1 spiro atoms. The number of hydrogen-bond acceptors (Lipinski definition) is 6. The van der Waals surface area contributed by atoms with E-state index in [9.17, 15) is 13.2 Å². The Balaban J connectivity index is 1.77. The fourth-order valence-corrected chi connectivity index (χ4v) is 3.53. The van der Waals surface area contributed by atoms with Crippen LogP contribution < -0.4 is 0 Å². The van der Waals surface area contributed by atoms with Crippen molar-refractivity contribution in [3.05, 3.63) is 0 Å². The Bertz CT molecular complexity index is 535. The van der Waals surface area contributed by atoms with Gasteiger partial charge in [0.2, 0.25) is 0 Å². The van der Waals surface area contributed by atoms with E-state index in [1.165, 1.54) is 0 Å². The van der Waals surface area contributed by atoms with Crippen molar-refractivity contribution >= 4 is 16.2 Å². The van der Waals surface area contributed by atoms with E-state index < -0.39 is 15.7 Å². The highest BCUT2D eigenvalue weighted by atomic mass is 32.2. The molecule has 0 saturated carbocycles. The van der Waals surface area contributed by atoms with E-state index in [0.29, 0.717) is 19.7 Å². The molecule has 1 amide bonds. The number of rotatable bonds is 3. The predicted molar refractivity (Wildman–Crippen MR) is 89.2 cm³/mol. The average molecular weight is 363 g/mol. The van der Waals surface area contributed by atoms with Crippen molar-refractivity contribution in [2.24, 2.45) is 5.92 Å². The van der Waals surface area contributed by atoms with Gasteiger partial charge in [-0.1, -0.05) is 0 Å². The van der Waals surface area contributed by atoms with Crippen molar-refractivity contribution in [2.75, 3.05) is 32.6 Å². The number of ether oxygens (including phenoxy) is 2. The van der Waals surface area contributed by atoms with E-state index >= 15 is 0 Å². The number of amides is 1. The van der Waals surface area contributed by atoms with Crippen LogP contribution in [0.4, 0.5) is 4.79 Å². The van der Waals surface area contributed by atoms with Gasteiger partial charge in [-0.25, -0.2) is 4.79 Å². The van der Waals surface area contributed by atoms with Crippen molar-refractivity contribution in [3.63, 3.8) is 0 Å². The fourth-order valence-electron chi connectivity index (χ4n) is 3.09. The van der Waals surface area contributed by atoms with Crippen LogP contribution in [0.25, 0.3) is 0 Å². The van der Waals surface area contributed by atoms with Gasteiger partial charge in [-0.2, -0.15) is 8.42 Å². The molecular weight excluding hydrogens is 334 g/mol. The second-order valence-electron chi connectivity index (χ2n) is 7.85. The van der Waals surface area contributed by atoms with Crippen LogP contribution >= 0.6 is 0 Å². The number of carbonyl (C=O) groups excluding carboxylic acids is 1. The van der Waals surface area contributed by atoms with Crippen LogP contribution in [0, 0.1) is 5.92 Å². The maximum absolute atomic E-state index is 12.1. The second kappa shape index (κ2) is 7.17. The lowest BCUT2D eigenvalue weighted by atomic mass is 9.82. The van der Waals surface area contributed by atoms with E-state index in [0.717, 1.165) is 31.9 Å². The lowest BCUT2D eigenvalue weighted by Crippen LogP contribution is -2.51. The zero-order chi connectivity index (χ0) is 18.0. The first-order valence-corrected chi connectivity index (χ1v) is 10.3. The average Bonchev–Trinajstić information content (AvgIpc) is 2.45. The summed E-state index contributed by atoms with van der Waals surface area (Å²) in [5, 5.41) is 0. The van der Waals surface area contributed by atoms with Crippen molar-refractivity contribution in [1.29, 1.82) is 0 Å². The molecule has 0 aromatic heterocycles. The first kappa shape index (κ1) is 19.5. The zero-order valence-electron chi connectivity index (χ0n) is 15.0. The normalized spacial score (nSPS) is 24.8. The van der Waals surface area contributed by atoms with E-state index in [1.807, 2.05) is 20.8 Å². The maximum Gasteiger partial charge on any atom is 0.410 e. The Morgan fingerprint density at radius 2 is 1.88 bits per heavy atom. The molecule has 2 saturated heterocycles. The molecule has 0 N–H and O–H groups in total. The summed E-state index contributed by atoms with van der Waals surface area (Å²) in [4.78, 5) is 13.8. The molecule has 0 aromatic rings. The smallest absolute Gasteiger partial charge is 0.410 e. The highest BCUT2D eigenvalue weighted by molar-refractivity contribution is 7.85. The largest absolute Gasteiger partial charge is 0.444 e. The van der Waals surface area contributed by atoms with Gasteiger partial charge in [0.25, 0.3) is 10.1 Å². The monoisotopic (exact) mass is 363 g/mol. The van der Waals surface area contributed by atoms with Crippen LogP contribution in [0.2, 0.25) is 0 Å². The first-order chi connectivity index (χ1) is 11.0. The predicted octanol–water partition coefficient (Wildman–Crippen LogP) is 2.16. The van der Waals surface area contributed by atoms with Crippen LogP contribution in [0.3, 0.4) is 0 Å². The summed E-state index contributed by atoms with van der Waals surface area (Å²) in [5.74, 6) is 0.106. The molecule has 7 nitrogen and oxygen atoms in total. The molecule has 140 valence electrons. The van der Waals surface area contributed by atoms with Crippen LogP contribution in [0.15, 0.2) is 0 Å². The number of carbonyl (C=O) groups is 1. The lowest BCUT2D eigenvalue weighted by molar-refractivity contribution is -0.132. The first-order valence-electron chi connectivity index (χ1n) is 8.44. The van der Waals surface area contributed by atoms with Gasteiger partial charge in [0.15, 0.2) is 0 Å². The van der Waals surface area contributed by atoms with E-state index in [1.54, 1.807) is 4.90 Å². The third-order valence-electron chi connectivity index (χ3n) is 4.48. The van der Waals surface area contributed by atoms with Crippen LogP contribution in [0.5, 0.6) is 0 Å². The van der Waals surface area contributed by atoms with Gasteiger partial charge in [0.05, 0.1) is 25.1 Å². The summed E-state index contributed by atoms with van der Waals surface area (Å²) < 4.78 is 38.4. The lowest BCUT2D eigenvalue weighted by Gasteiger charge is -2.45. The Morgan fingerprint density at radius 1 is 1.25 bits per heavy atom. The third-order valence-corrected chi connectivity index (χ3v) is 5.04. The summed E-state index contributed by atoms with van der Waals surface area (Å²) in [6, 6.07) is 0. The molecule has 24 heavy (non-hydrogen) atoms. The van der Waals surface area contributed by atoms with Gasteiger partial charge in [0.1, 0.15) is 5.60 Å². The quantitative estimate of drug-likeness (QED) is 0.715. The third kappa shape index (κ3) is 5.89. The summed E-state index contributed by atoms with van der Waals surface area (Å²) in [7, 11) is -3.40. The minimum absolute atomic E-state index is 0.106. The van der Waals surface area contributed by atoms with Crippen molar-refractivity contribution in [2.45, 2.75) is 57.7 Å². The zero-order valence-corrected chi connectivity index (χ0v) is 15.9. The van der Waals surface area contributed by atoms with Crippen LogP contribution in [-0.4, -0.2) is 63.2 Å². The Kier molecular flexibility index (Phi) is 5.82. The summed E-state index contributed by atoms with van der Waals surface area (Å²) in [6.45, 7) is 7.51. The number of hydrogen-bond donors (Lipinski definition) is 0. The van der Waals surface area contributed by atoms with Crippen LogP contribution in [-0.2, 0) is 23.8 Å². The van der Waals surface area contributed by atoms with E-state index in [-0.39, 0.29) is 24.2 Å². The molecule has 0 aliphatic carbocycles. The molecule has 1 atom stereocenters. The Morgan fingerprint density at radius 3 is 2.33 bits per heavy atom. The van der Waals surface area contributed by atoms with Gasteiger partial charge in [-0.05, 0) is 46.5 Å². The molecule has 2 rings (SSSR count). The summed E-state index contributed by atoms with van der Waals surface area (Å²) in [5.41, 5.74) is -0.680. The minimum Gasteiger partial charge on any atom is -0.444 e. The standard InChI is InChI=1S/C16H29NO6S/c1-15(2,3)23-14(18)17-9-7-16(8-10-17)6-5-13(11-21-16)12-22-24(4,19)20/h13H,5-12H2,1-4H3. The van der Waals surface area contributed by atoms with Gasteiger partial charge in [-0.3, -0.25) is 4.18 Å². The molecule has 2 fully saturated rings. The highest BCUT2D eigenvalue weighted by Crippen LogP contribution is 2.37. The summed E-state index contributed by atoms with van der Waals surface area (Å²) >= 11 is 0. The molecule has 8 heteroatoms. The maximum atomic E-state index is 12.1. The van der Waals surface area contributed by atoms with Gasteiger partial charge in [-0.15, -0.1) is 0 Å². The Hall–Kier alpha value is -0.860. The van der Waals surface area contributed by atoms with E-state index in [4.69, 9.17) is 13.7 Å². The molecule has 2 aliphatic rings. The van der Waals surface area contributed by atoms with Crippen LogP contribution in [0.1, 0.15) is 46.5 Å². The number of nitrogens with zero attached hydrogens (tertiary/aromatic N) is 1. The Labute approximate surface area is 144 Å². The SMILES string of the molecule is CC(C)(C)OC(=O)N1CCC2(CCC(COS(C)(=O)=O)CO2)CC1. The topological polar surface area (TPSA) is 82.1 Å². The molecule has 0 bridgehead atoms. The second-order valence-corrected chi connectivity index (χ2v) is 9.50. The molecular formula is C16H29NO6S. The molecule has 2 aliphatic heterocycles. The van der Waals surface area contributed by atoms with Crippen molar-refractivity contribution in [3.8, 4) is 0 Å². The fraction of sp³-hybridized carbons (Fsp3) is 0.938. The number of likely N-dealkylation sites (tertiary alicyclic amines) is 1. The van der Waals surface area contributed by atoms with Gasteiger partial charge < -0.3 is 14.4 Å². The molecule has 1 unspecified atom stereocenters. The molecule has 0 aromatic carbocycles. The molecule has 0 radical (unpaired) electrons. The van der Waals surface area contributed by atoms with Crippen molar-refractivity contribution in [1.82, 2.24) is 4.90 Å². The number of piperidine rings is 1.